The van der Waals surface area contributed by atoms with Crippen molar-refractivity contribution >= 4 is 17.7 Å². The summed E-state index contributed by atoms with van der Waals surface area (Å²) in [6, 6.07) is 1.58. The molecule has 0 radical (unpaired) electrons. The molecule has 0 aliphatic heterocycles. The third kappa shape index (κ3) is 4.19. The molecule has 1 aromatic rings. The molecule has 6 heteroatoms. The second kappa shape index (κ2) is 7.24. The average Bonchev–Trinajstić information content (AvgIpc) is 2.97. The van der Waals surface area contributed by atoms with Gasteiger partial charge in [-0.05, 0) is 31.7 Å². The molecule has 0 unspecified atom stereocenters. The molecule has 0 aromatic carbocycles. The number of hydrogen-bond acceptors (Lipinski definition) is 4. The number of rotatable bonds is 5. The monoisotopic (exact) mass is 306 g/mol. The standard InChI is InChI=1S/C16H22N2O4/c1-10-5-3-4-6-13(10)18-15(20)9-22-16(21)14-7-12(8-17-14)11(2)19/h7-8,10,13,17H,3-6,9H2,1-2H3,(H,18,20)/t10-,13-/m1/s1. The zero-order valence-electron chi connectivity index (χ0n) is 13.0. The van der Waals surface area contributed by atoms with Gasteiger partial charge in [-0.2, -0.15) is 0 Å². The van der Waals surface area contributed by atoms with Crippen molar-refractivity contribution in [3.63, 3.8) is 0 Å². The zero-order valence-corrected chi connectivity index (χ0v) is 13.0. The molecule has 0 spiro atoms. The molecule has 2 atom stereocenters. The SMILES string of the molecule is CC(=O)c1c[nH]c(C(=O)OCC(=O)N[C@@H]2CCCC[C@H]2C)c1. The van der Waals surface area contributed by atoms with E-state index in [0.29, 0.717) is 11.5 Å². The summed E-state index contributed by atoms with van der Waals surface area (Å²) in [7, 11) is 0. The number of aromatic amines is 1. The maximum atomic E-state index is 11.9. The van der Waals surface area contributed by atoms with E-state index in [-0.39, 0.29) is 30.0 Å². The highest BCUT2D eigenvalue weighted by atomic mass is 16.5. The Morgan fingerprint density at radius 2 is 2.05 bits per heavy atom. The summed E-state index contributed by atoms with van der Waals surface area (Å²) in [5.41, 5.74) is 0.580. The molecule has 1 saturated carbocycles. The molecule has 1 aliphatic carbocycles. The molecule has 0 saturated heterocycles. The Morgan fingerprint density at radius 1 is 1.32 bits per heavy atom. The second-order valence-electron chi connectivity index (χ2n) is 5.87. The van der Waals surface area contributed by atoms with Gasteiger partial charge in [0, 0.05) is 17.8 Å². The van der Waals surface area contributed by atoms with E-state index in [9.17, 15) is 14.4 Å². The molecule has 6 nitrogen and oxygen atoms in total. The summed E-state index contributed by atoms with van der Waals surface area (Å²) in [6.07, 6.45) is 5.85. The van der Waals surface area contributed by atoms with Crippen LogP contribution in [0.3, 0.4) is 0 Å². The van der Waals surface area contributed by atoms with Crippen LogP contribution >= 0.6 is 0 Å². The topological polar surface area (TPSA) is 88.3 Å². The zero-order chi connectivity index (χ0) is 16.1. The third-order valence-corrected chi connectivity index (χ3v) is 4.10. The van der Waals surface area contributed by atoms with E-state index in [1.165, 1.54) is 25.6 Å². The van der Waals surface area contributed by atoms with Gasteiger partial charge in [0.25, 0.3) is 5.91 Å². The summed E-state index contributed by atoms with van der Waals surface area (Å²) >= 11 is 0. The highest BCUT2D eigenvalue weighted by Gasteiger charge is 2.23. The number of ketones is 1. The number of H-pyrrole nitrogens is 1. The fraction of sp³-hybridized carbons (Fsp3) is 0.562. The first kappa shape index (κ1) is 16.3. The van der Waals surface area contributed by atoms with Crippen molar-refractivity contribution in [1.82, 2.24) is 10.3 Å². The maximum absolute atomic E-state index is 11.9. The van der Waals surface area contributed by atoms with Gasteiger partial charge < -0.3 is 15.0 Å². The first-order chi connectivity index (χ1) is 10.5. The quantitative estimate of drug-likeness (QED) is 0.644. The summed E-state index contributed by atoms with van der Waals surface area (Å²) in [5, 5.41) is 2.92. The molecule has 1 aromatic heterocycles. The Labute approximate surface area is 129 Å². The van der Waals surface area contributed by atoms with E-state index in [1.54, 1.807) is 0 Å². The Hall–Kier alpha value is -2.11. The summed E-state index contributed by atoms with van der Waals surface area (Å²) < 4.78 is 4.97. The molecule has 1 heterocycles. The lowest BCUT2D eigenvalue weighted by molar-refractivity contribution is -0.125. The Morgan fingerprint density at radius 3 is 2.68 bits per heavy atom. The number of amides is 1. The number of carbonyl (C=O) groups is 3. The van der Waals surface area contributed by atoms with Crippen LogP contribution in [-0.4, -0.2) is 35.3 Å². The lowest BCUT2D eigenvalue weighted by atomic mass is 9.86. The Balaban J connectivity index is 1.79. The fourth-order valence-corrected chi connectivity index (χ4v) is 2.70. The van der Waals surface area contributed by atoms with Crippen molar-refractivity contribution in [1.29, 1.82) is 0 Å². The molecule has 2 N–H and O–H groups in total. The molecular formula is C16H22N2O4. The third-order valence-electron chi connectivity index (χ3n) is 4.10. The number of carbonyl (C=O) groups excluding carboxylic acids is 3. The minimum atomic E-state index is -0.639. The Kier molecular flexibility index (Phi) is 5.35. The highest BCUT2D eigenvalue weighted by molar-refractivity contribution is 5.97. The van der Waals surface area contributed by atoms with Gasteiger partial charge in [-0.3, -0.25) is 9.59 Å². The van der Waals surface area contributed by atoms with Gasteiger partial charge in [0.1, 0.15) is 5.69 Å². The van der Waals surface area contributed by atoms with Crippen LogP contribution in [0.25, 0.3) is 0 Å². The maximum Gasteiger partial charge on any atom is 0.355 e. The molecule has 1 fully saturated rings. The van der Waals surface area contributed by atoms with Crippen molar-refractivity contribution in [3.8, 4) is 0 Å². The number of hydrogen-bond donors (Lipinski definition) is 2. The molecule has 120 valence electrons. The van der Waals surface area contributed by atoms with E-state index in [0.717, 1.165) is 19.3 Å². The van der Waals surface area contributed by atoms with E-state index in [4.69, 9.17) is 4.74 Å². The van der Waals surface area contributed by atoms with Crippen LogP contribution in [0, 0.1) is 5.92 Å². The number of ether oxygens (including phenoxy) is 1. The summed E-state index contributed by atoms with van der Waals surface area (Å²) in [4.78, 5) is 37.5. The first-order valence-corrected chi connectivity index (χ1v) is 7.63. The fourth-order valence-electron chi connectivity index (χ4n) is 2.70. The van der Waals surface area contributed by atoms with Crippen LogP contribution in [0.1, 0.15) is 60.4 Å². The first-order valence-electron chi connectivity index (χ1n) is 7.63. The van der Waals surface area contributed by atoms with Gasteiger partial charge in [0.15, 0.2) is 12.4 Å². The van der Waals surface area contributed by atoms with Gasteiger partial charge in [0.2, 0.25) is 0 Å². The smallest absolute Gasteiger partial charge is 0.355 e. The Bertz CT molecular complexity index is 564. The van der Waals surface area contributed by atoms with Crippen LogP contribution in [0.2, 0.25) is 0 Å². The molecule has 0 bridgehead atoms. The van der Waals surface area contributed by atoms with Crippen LogP contribution < -0.4 is 5.32 Å². The molecule has 1 amide bonds. The van der Waals surface area contributed by atoms with Crippen molar-refractivity contribution in [2.45, 2.75) is 45.6 Å². The van der Waals surface area contributed by atoms with E-state index >= 15 is 0 Å². The minimum absolute atomic E-state index is 0.140. The minimum Gasteiger partial charge on any atom is -0.451 e. The predicted octanol–water partition coefficient (Wildman–Crippen LogP) is 2.07. The van der Waals surface area contributed by atoms with Gasteiger partial charge in [0.05, 0.1) is 0 Å². The van der Waals surface area contributed by atoms with Gasteiger partial charge in [-0.1, -0.05) is 19.8 Å². The lowest BCUT2D eigenvalue weighted by Crippen LogP contribution is -2.42. The normalized spacial score (nSPS) is 21.2. The second-order valence-corrected chi connectivity index (χ2v) is 5.87. The van der Waals surface area contributed by atoms with Gasteiger partial charge in [-0.15, -0.1) is 0 Å². The lowest BCUT2D eigenvalue weighted by Gasteiger charge is -2.29. The van der Waals surface area contributed by atoms with Crippen molar-refractivity contribution in [3.05, 3.63) is 23.5 Å². The van der Waals surface area contributed by atoms with E-state index in [1.807, 2.05) is 0 Å². The molecular weight excluding hydrogens is 284 g/mol. The predicted molar refractivity (Wildman–Crippen MR) is 80.6 cm³/mol. The van der Waals surface area contributed by atoms with Gasteiger partial charge in [-0.25, -0.2) is 4.79 Å². The average molecular weight is 306 g/mol. The number of esters is 1. The number of nitrogens with one attached hydrogen (secondary N) is 2. The summed E-state index contributed by atoms with van der Waals surface area (Å²) in [6.45, 7) is 3.23. The molecule has 22 heavy (non-hydrogen) atoms. The van der Waals surface area contributed by atoms with Crippen molar-refractivity contribution < 1.29 is 19.1 Å². The largest absolute Gasteiger partial charge is 0.451 e. The van der Waals surface area contributed by atoms with E-state index < -0.39 is 5.97 Å². The molecule has 2 rings (SSSR count). The van der Waals surface area contributed by atoms with Crippen molar-refractivity contribution in [2.24, 2.45) is 5.92 Å². The number of aromatic nitrogens is 1. The van der Waals surface area contributed by atoms with Crippen LogP contribution in [-0.2, 0) is 9.53 Å². The van der Waals surface area contributed by atoms with Crippen LogP contribution in [0.5, 0.6) is 0 Å². The van der Waals surface area contributed by atoms with E-state index in [2.05, 4.69) is 17.2 Å². The van der Waals surface area contributed by atoms with Gasteiger partial charge >= 0.3 is 5.97 Å². The highest BCUT2D eigenvalue weighted by Crippen LogP contribution is 2.23. The van der Waals surface area contributed by atoms with Crippen LogP contribution in [0.4, 0.5) is 0 Å². The van der Waals surface area contributed by atoms with Crippen LogP contribution in [0.15, 0.2) is 12.3 Å². The number of Topliss-reactive ketones (excluding diaryl/α,β-unsaturated/α-hetero) is 1. The molecule has 1 aliphatic rings. The summed E-state index contributed by atoms with van der Waals surface area (Å²) in [5.74, 6) is -0.612. The van der Waals surface area contributed by atoms with Crippen molar-refractivity contribution in [2.75, 3.05) is 6.61 Å².